The van der Waals surface area contributed by atoms with Gasteiger partial charge < -0.3 is 19.4 Å². The van der Waals surface area contributed by atoms with E-state index in [9.17, 15) is 14.7 Å². The average molecular weight is 395 g/mol. The summed E-state index contributed by atoms with van der Waals surface area (Å²) in [5.41, 5.74) is 3.54. The summed E-state index contributed by atoms with van der Waals surface area (Å²) in [5.74, 6) is -0.414. The molecule has 0 saturated carbocycles. The fraction of sp³-hybridized carbons (Fsp3) is 0.318. The maximum Gasteiger partial charge on any atom is 0.243 e. The van der Waals surface area contributed by atoms with Crippen molar-refractivity contribution in [2.24, 2.45) is 5.10 Å². The lowest BCUT2D eigenvalue weighted by molar-refractivity contribution is -0.305. The first-order valence-corrected chi connectivity index (χ1v) is 9.31. The van der Waals surface area contributed by atoms with Crippen molar-refractivity contribution in [1.29, 1.82) is 0 Å². The van der Waals surface area contributed by atoms with E-state index in [1.165, 1.54) is 5.01 Å². The van der Waals surface area contributed by atoms with Crippen molar-refractivity contribution in [1.82, 2.24) is 5.01 Å². The minimum Gasteiger partial charge on any atom is -0.550 e. The number of carbonyl (C=O) groups is 2. The second-order valence-corrected chi connectivity index (χ2v) is 6.85. The summed E-state index contributed by atoms with van der Waals surface area (Å²) in [6.07, 6.45) is -0.0634. The Morgan fingerprint density at radius 1 is 1.10 bits per heavy atom. The molecule has 1 heterocycles. The quantitative estimate of drug-likeness (QED) is 0.717. The van der Waals surface area contributed by atoms with E-state index in [2.05, 4.69) is 5.10 Å². The summed E-state index contributed by atoms with van der Waals surface area (Å²) >= 11 is 0. The van der Waals surface area contributed by atoms with E-state index in [4.69, 9.17) is 9.47 Å². The van der Waals surface area contributed by atoms with Crippen LogP contribution in [0.2, 0.25) is 0 Å². The van der Waals surface area contributed by atoms with Crippen LogP contribution in [0.15, 0.2) is 47.6 Å². The van der Waals surface area contributed by atoms with Crippen LogP contribution in [0, 0.1) is 6.92 Å². The highest BCUT2D eigenvalue weighted by atomic mass is 16.5. The monoisotopic (exact) mass is 395 g/mol. The highest BCUT2D eigenvalue weighted by molar-refractivity contribution is 6.03. The van der Waals surface area contributed by atoms with Crippen LogP contribution in [-0.2, 0) is 9.59 Å². The molecule has 29 heavy (non-hydrogen) atoms. The molecule has 7 heteroatoms. The maximum absolute atomic E-state index is 12.8. The summed E-state index contributed by atoms with van der Waals surface area (Å²) in [4.78, 5) is 23.6. The summed E-state index contributed by atoms with van der Waals surface area (Å²) in [6, 6.07) is 12.8. The zero-order valence-electron chi connectivity index (χ0n) is 16.7. The molecular weight excluding hydrogens is 372 g/mol. The van der Waals surface area contributed by atoms with E-state index in [0.717, 1.165) is 22.4 Å². The zero-order valence-corrected chi connectivity index (χ0v) is 16.7. The molecule has 0 spiro atoms. The van der Waals surface area contributed by atoms with E-state index < -0.39 is 12.0 Å². The number of aryl methyl sites for hydroxylation is 1. The van der Waals surface area contributed by atoms with E-state index in [1.807, 2.05) is 37.3 Å². The van der Waals surface area contributed by atoms with Gasteiger partial charge in [0.15, 0.2) is 0 Å². The minimum absolute atomic E-state index is 0.185. The third-order valence-corrected chi connectivity index (χ3v) is 4.89. The third kappa shape index (κ3) is 4.56. The highest BCUT2D eigenvalue weighted by Gasteiger charge is 2.34. The van der Waals surface area contributed by atoms with Crippen LogP contribution in [0.5, 0.6) is 11.5 Å². The van der Waals surface area contributed by atoms with Crippen LogP contribution < -0.4 is 14.6 Å². The molecule has 1 aliphatic rings. The number of hydrogen-bond donors (Lipinski definition) is 0. The van der Waals surface area contributed by atoms with Gasteiger partial charge in [-0.3, -0.25) is 4.79 Å². The van der Waals surface area contributed by atoms with Gasteiger partial charge in [0.25, 0.3) is 0 Å². The van der Waals surface area contributed by atoms with Gasteiger partial charge in [-0.05, 0) is 37.1 Å². The fourth-order valence-electron chi connectivity index (χ4n) is 3.33. The number of carboxylic acids is 1. The van der Waals surface area contributed by atoms with Crippen LogP contribution in [0.1, 0.15) is 42.0 Å². The lowest BCUT2D eigenvalue weighted by Gasteiger charge is -2.24. The summed E-state index contributed by atoms with van der Waals surface area (Å²) in [6.45, 7) is 2.00. The first-order valence-electron chi connectivity index (χ1n) is 9.31. The number of ether oxygens (including phenoxy) is 2. The number of hydrogen-bond acceptors (Lipinski definition) is 6. The Hall–Kier alpha value is -3.35. The van der Waals surface area contributed by atoms with Crippen molar-refractivity contribution in [3.63, 3.8) is 0 Å². The Balaban J connectivity index is 1.99. The average Bonchev–Trinajstić information content (AvgIpc) is 3.17. The predicted molar refractivity (Wildman–Crippen MR) is 106 cm³/mol. The number of benzene rings is 2. The Bertz CT molecular complexity index is 937. The smallest absolute Gasteiger partial charge is 0.243 e. The van der Waals surface area contributed by atoms with Crippen molar-refractivity contribution in [2.45, 2.75) is 32.2 Å². The van der Waals surface area contributed by atoms with Gasteiger partial charge in [0, 0.05) is 24.4 Å². The summed E-state index contributed by atoms with van der Waals surface area (Å²) < 4.78 is 10.8. The number of nitrogens with zero attached hydrogens (tertiary/aromatic N) is 2. The van der Waals surface area contributed by atoms with Crippen LogP contribution in [0.3, 0.4) is 0 Å². The summed E-state index contributed by atoms with van der Waals surface area (Å²) in [7, 11) is 3.13. The van der Waals surface area contributed by atoms with Gasteiger partial charge in [-0.25, -0.2) is 5.01 Å². The van der Waals surface area contributed by atoms with E-state index in [0.29, 0.717) is 17.9 Å². The van der Waals surface area contributed by atoms with Gasteiger partial charge in [0.1, 0.15) is 11.5 Å². The number of carboxylic acid groups (broad SMARTS) is 1. The predicted octanol–water partition coefficient (Wildman–Crippen LogP) is 2.22. The number of methoxy groups -OCH3 is 2. The largest absolute Gasteiger partial charge is 0.550 e. The molecule has 2 aromatic carbocycles. The van der Waals surface area contributed by atoms with Gasteiger partial charge in [0.2, 0.25) is 5.91 Å². The topological polar surface area (TPSA) is 91.3 Å². The van der Waals surface area contributed by atoms with E-state index in [-0.39, 0.29) is 18.7 Å². The normalized spacial score (nSPS) is 15.8. The Labute approximate surface area is 169 Å². The number of aliphatic carboxylic acids is 1. The van der Waals surface area contributed by atoms with Crippen molar-refractivity contribution >= 4 is 17.6 Å². The van der Waals surface area contributed by atoms with Gasteiger partial charge in [-0.1, -0.05) is 29.8 Å². The third-order valence-electron chi connectivity index (χ3n) is 4.89. The molecule has 0 saturated heterocycles. The number of amides is 1. The van der Waals surface area contributed by atoms with Crippen molar-refractivity contribution < 1.29 is 24.2 Å². The molecule has 0 radical (unpaired) electrons. The molecular formula is C22H23N2O5-. The van der Waals surface area contributed by atoms with Crippen molar-refractivity contribution in [3.05, 3.63) is 59.2 Å². The van der Waals surface area contributed by atoms with Crippen molar-refractivity contribution in [2.75, 3.05) is 14.2 Å². The summed E-state index contributed by atoms with van der Waals surface area (Å²) in [5, 5.41) is 16.7. The molecule has 0 fully saturated rings. The van der Waals surface area contributed by atoms with Crippen LogP contribution in [-0.4, -0.2) is 36.8 Å². The number of hydrazone groups is 1. The lowest BCUT2D eigenvalue weighted by Crippen LogP contribution is -2.30. The van der Waals surface area contributed by atoms with Gasteiger partial charge in [0.05, 0.1) is 26.0 Å². The Morgan fingerprint density at radius 3 is 2.45 bits per heavy atom. The standard InChI is InChI=1S/C22H24N2O5/c1-14-4-6-15(7-5-14)18-13-19(24(23-18)21(25)10-11-22(26)27)17-12-16(28-2)8-9-20(17)29-3/h4-9,12,19H,10-11,13H2,1-3H3,(H,26,27)/p-1/t19-/m0/s1. The first kappa shape index (κ1) is 20.4. The van der Waals surface area contributed by atoms with Crippen LogP contribution >= 0.6 is 0 Å². The number of carbonyl (C=O) groups excluding carboxylic acids is 2. The minimum atomic E-state index is -1.27. The molecule has 0 unspecified atom stereocenters. The first-order chi connectivity index (χ1) is 13.9. The lowest BCUT2D eigenvalue weighted by atomic mass is 9.97. The Kier molecular flexibility index (Phi) is 6.16. The molecule has 1 aliphatic heterocycles. The second kappa shape index (κ2) is 8.77. The number of rotatable bonds is 7. The molecule has 1 amide bonds. The molecule has 0 aromatic heterocycles. The van der Waals surface area contributed by atoms with Gasteiger partial charge in [-0.2, -0.15) is 5.10 Å². The fourth-order valence-corrected chi connectivity index (χ4v) is 3.33. The highest BCUT2D eigenvalue weighted by Crippen LogP contribution is 2.39. The van der Waals surface area contributed by atoms with E-state index >= 15 is 0 Å². The zero-order chi connectivity index (χ0) is 21.0. The molecule has 3 rings (SSSR count). The molecule has 0 N–H and O–H groups in total. The SMILES string of the molecule is COc1ccc(OC)c([C@@H]2CC(c3ccc(C)cc3)=NN2C(=O)CCC(=O)[O-])c1. The van der Waals surface area contributed by atoms with Crippen LogP contribution in [0.4, 0.5) is 0 Å². The second-order valence-electron chi connectivity index (χ2n) is 6.85. The molecule has 1 atom stereocenters. The van der Waals surface area contributed by atoms with Crippen molar-refractivity contribution in [3.8, 4) is 11.5 Å². The van der Waals surface area contributed by atoms with E-state index in [1.54, 1.807) is 26.4 Å². The maximum atomic E-state index is 12.8. The molecule has 2 aromatic rings. The molecule has 7 nitrogen and oxygen atoms in total. The van der Waals surface area contributed by atoms with Crippen LogP contribution in [0.25, 0.3) is 0 Å². The molecule has 152 valence electrons. The van der Waals surface area contributed by atoms with Gasteiger partial charge in [-0.15, -0.1) is 0 Å². The molecule has 0 bridgehead atoms. The Morgan fingerprint density at radius 2 is 1.83 bits per heavy atom. The van der Waals surface area contributed by atoms with Gasteiger partial charge >= 0.3 is 0 Å². The molecule has 0 aliphatic carbocycles.